The molecule has 0 bridgehead atoms. The molecule has 0 amide bonds. The highest BCUT2D eigenvalue weighted by atomic mass is 32.2. The predicted octanol–water partition coefficient (Wildman–Crippen LogP) is 2.45. The van der Waals surface area contributed by atoms with E-state index in [1.165, 1.54) is 29.2 Å². The average Bonchev–Trinajstić information content (AvgIpc) is 3.17. The number of imidazole rings is 1. The average molecular weight is 399 g/mol. The van der Waals surface area contributed by atoms with Crippen LogP contribution in [0.15, 0.2) is 52.2 Å². The van der Waals surface area contributed by atoms with E-state index in [0.717, 1.165) is 11.0 Å². The van der Waals surface area contributed by atoms with Crippen molar-refractivity contribution in [3.63, 3.8) is 0 Å². The van der Waals surface area contributed by atoms with Crippen molar-refractivity contribution >= 4 is 50.9 Å². The summed E-state index contributed by atoms with van der Waals surface area (Å²) in [5.74, 6) is 0.379. The van der Waals surface area contributed by atoms with E-state index in [0.29, 0.717) is 25.7 Å². The van der Waals surface area contributed by atoms with E-state index in [4.69, 9.17) is 5.11 Å². The van der Waals surface area contributed by atoms with Crippen molar-refractivity contribution in [3.05, 3.63) is 73.0 Å². The Morgan fingerprint density at radius 1 is 1.30 bits per heavy atom. The molecule has 0 aliphatic heterocycles. The molecule has 2 aromatic heterocycles. The van der Waals surface area contributed by atoms with Crippen molar-refractivity contribution in [2.75, 3.05) is 12.4 Å². The second-order valence-electron chi connectivity index (χ2n) is 5.69. The third-order valence-corrected chi connectivity index (χ3v) is 5.98. The SMILES string of the molecule is O=c1c(=Cc2ccc(SCCO)c([N+](=O)[O-])c2)sc2nc3ccccc3n12. The molecule has 0 spiro atoms. The van der Waals surface area contributed by atoms with E-state index in [1.807, 2.05) is 24.3 Å². The number of thiazole rings is 1. The number of rotatable bonds is 5. The molecule has 0 fully saturated rings. The number of hydrogen-bond donors (Lipinski definition) is 1. The Labute approximate surface area is 160 Å². The van der Waals surface area contributed by atoms with Crippen LogP contribution in [-0.4, -0.2) is 31.8 Å². The first kappa shape index (κ1) is 17.7. The summed E-state index contributed by atoms with van der Waals surface area (Å²) in [4.78, 5) is 29.2. The molecule has 9 heteroatoms. The Balaban J connectivity index is 1.84. The molecule has 4 aromatic rings. The number of nitro benzene ring substituents is 1. The number of fused-ring (bicyclic) bond motifs is 3. The molecule has 0 saturated heterocycles. The Bertz CT molecular complexity index is 1280. The maximum absolute atomic E-state index is 12.8. The van der Waals surface area contributed by atoms with Crippen LogP contribution in [0.4, 0.5) is 5.69 Å². The van der Waals surface area contributed by atoms with Crippen molar-refractivity contribution in [1.82, 2.24) is 9.38 Å². The molecule has 0 aliphatic rings. The second kappa shape index (κ2) is 7.10. The fourth-order valence-electron chi connectivity index (χ4n) is 2.81. The minimum atomic E-state index is -0.454. The molecule has 0 saturated carbocycles. The Kier molecular flexibility index (Phi) is 4.65. The van der Waals surface area contributed by atoms with Crippen molar-refractivity contribution in [2.24, 2.45) is 0 Å². The van der Waals surface area contributed by atoms with Crippen LogP contribution in [0.3, 0.4) is 0 Å². The van der Waals surface area contributed by atoms with Crippen LogP contribution in [-0.2, 0) is 0 Å². The van der Waals surface area contributed by atoms with Crippen LogP contribution in [0, 0.1) is 10.1 Å². The first-order chi connectivity index (χ1) is 13.1. The fourth-order valence-corrected chi connectivity index (χ4v) is 4.55. The number of benzene rings is 2. The van der Waals surface area contributed by atoms with Gasteiger partial charge in [-0.3, -0.25) is 14.9 Å². The summed E-state index contributed by atoms with van der Waals surface area (Å²) in [6, 6.07) is 12.2. The van der Waals surface area contributed by atoms with E-state index in [2.05, 4.69) is 4.98 Å². The maximum Gasteiger partial charge on any atom is 0.283 e. The van der Waals surface area contributed by atoms with Crippen LogP contribution < -0.4 is 10.1 Å². The number of para-hydroxylation sites is 2. The van der Waals surface area contributed by atoms with E-state index < -0.39 is 4.92 Å². The minimum absolute atomic E-state index is 0.0403. The summed E-state index contributed by atoms with van der Waals surface area (Å²) in [6.07, 6.45) is 1.64. The quantitative estimate of drug-likeness (QED) is 0.314. The molecule has 0 atom stereocenters. The number of hydrogen-bond acceptors (Lipinski definition) is 7. The zero-order valence-electron chi connectivity index (χ0n) is 13.9. The lowest BCUT2D eigenvalue weighted by atomic mass is 10.2. The van der Waals surface area contributed by atoms with E-state index >= 15 is 0 Å². The molecule has 0 unspecified atom stereocenters. The number of aliphatic hydroxyl groups is 1. The zero-order chi connectivity index (χ0) is 19.0. The number of nitrogens with zero attached hydrogens (tertiary/aromatic N) is 3. The van der Waals surface area contributed by atoms with Crippen LogP contribution >= 0.6 is 23.1 Å². The highest BCUT2D eigenvalue weighted by Crippen LogP contribution is 2.30. The Morgan fingerprint density at radius 3 is 2.89 bits per heavy atom. The standard InChI is InChI=1S/C18H13N3O4S2/c22-7-8-26-15-6-5-11(9-14(15)21(24)25)10-16-17(23)20-13-4-2-1-3-12(13)19-18(20)27-16/h1-6,9-10,22H,7-8H2. The molecule has 2 heterocycles. The lowest BCUT2D eigenvalue weighted by Gasteiger charge is -2.02. The highest BCUT2D eigenvalue weighted by molar-refractivity contribution is 7.99. The van der Waals surface area contributed by atoms with Crippen LogP contribution in [0.5, 0.6) is 0 Å². The number of nitro groups is 1. The summed E-state index contributed by atoms with van der Waals surface area (Å²) in [7, 11) is 0. The fraction of sp³-hybridized carbons (Fsp3) is 0.111. The number of thioether (sulfide) groups is 1. The van der Waals surface area contributed by atoms with Gasteiger partial charge >= 0.3 is 0 Å². The van der Waals surface area contributed by atoms with Crippen molar-refractivity contribution in [2.45, 2.75) is 4.90 Å². The summed E-state index contributed by atoms with van der Waals surface area (Å²) < 4.78 is 2.03. The molecule has 27 heavy (non-hydrogen) atoms. The zero-order valence-corrected chi connectivity index (χ0v) is 15.5. The van der Waals surface area contributed by atoms with Gasteiger partial charge in [0.1, 0.15) is 0 Å². The molecule has 136 valence electrons. The van der Waals surface area contributed by atoms with Crippen molar-refractivity contribution in [1.29, 1.82) is 0 Å². The summed E-state index contributed by atoms with van der Waals surface area (Å²) in [5, 5.41) is 20.3. The molecular formula is C18H13N3O4S2. The molecule has 0 radical (unpaired) electrons. The summed E-state index contributed by atoms with van der Waals surface area (Å²) in [6.45, 7) is -0.0574. The first-order valence-electron chi connectivity index (χ1n) is 8.02. The molecular weight excluding hydrogens is 386 g/mol. The van der Waals surface area contributed by atoms with Gasteiger partial charge in [0, 0.05) is 11.8 Å². The second-order valence-corrected chi connectivity index (χ2v) is 7.84. The molecule has 2 aromatic carbocycles. The topological polar surface area (TPSA) is 97.7 Å². The van der Waals surface area contributed by atoms with Gasteiger partial charge in [0.2, 0.25) is 0 Å². The lowest BCUT2D eigenvalue weighted by Crippen LogP contribution is -2.22. The molecule has 7 nitrogen and oxygen atoms in total. The van der Waals surface area contributed by atoms with E-state index in [9.17, 15) is 14.9 Å². The Morgan fingerprint density at radius 2 is 2.11 bits per heavy atom. The Hall–Kier alpha value is -2.75. The van der Waals surface area contributed by atoms with Gasteiger partial charge in [-0.05, 0) is 29.8 Å². The van der Waals surface area contributed by atoms with Gasteiger partial charge in [-0.25, -0.2) is 9.38 Å². The van der Waals surface area contributed by atoms with Gasteiger partial charge in [-0.15, -0.1) is 11.8 Å². The van der Waals surface area contributed by atoms with Crippen molar-refractivity contribution < 1.29 is 10.0 Å². The van der Waals surface area contributed by atoms with Gasteiger partial charge in [0.25, 0.3) is 11.2 Å². The smallest absolute Gasteiger partial charge is 0.283 e. The molecule has 1 N–H and O–H groups in total. The number of aliphatic hydroxyl groups excluding tert-OH is 1. The predicted molar refractivity (Wildman–Crippen MR) is 107 cm³/mol. The lowest BCUT2D eigenvalue weighted by molar-refractivity contribution is -0.387. The minimum Gasteiger partial charge on any atom is -0.396 e. The van der Waals surface area contributed by atoms with Crippen LogP contribution in [0.2, 0.25) is 0 Å². The number of aromatic nitrogens is 2. The maximum atomic E-state index is 12.8. The van der Waals surface area contributed by atoms with E-state index in [-0.39, 0.29) is 17.9 Å². The third-order valence-electron chi connectivity index (χ3n) is 3.97. The van der Waals surface area contributed by atoms with Gasteiger partial charge < -0.3 is 5.11 Å². The third kappa shape index (κ3) is 3.20. The van der Waals surface area contributed by atoms with Gasteiger partial charge in [-0.2, -0.15) is 0 Å². The van der Waals surface area contributed by atoms with E-state index in [1.54, 1.807) is 22.6 Å². The molecule has 4 rings (SSSR count). The normalized spacial score (nSPS) is 12.3. The monoisotopic (exact) mass is 399 g/mol. The van der Waals surface area contributed by atoms with Crippen LogP contribution in [0.25, 0.3) is 22.1 Å². The van der Waals surface area contributed by atoms with Gasteiger partial charge in [-0.1, -0.05) is 29.5 Å². The highest BCUT2D eigenvalue weighted by Gasteiger charge is 2.15. The molecule has 0 aliphatic carbocycles. The summed E-state index contributed by atoms with van der Waals surface area (Å²) in [5.41, 5.74) is 1.84. The van der Waals surface area contributed by atoms with Gasteiger partial charge in [0.05, 0.1) is 32.0 Å². The van der Waals surface area contributed by atoms with Gasteiger partial charge in [0.15, 0.2) is 4.96 Å². The first-order valence-corrected chi connectivity index (χ1v) is 9.82. The van der Waals surface area contributed by atoms with Crippen molar-refractivity contribution in [3.8, 4) is 0 Å². The van der Waals surface area contributed by atoms with Crippen LogP contribution in [0.1, 0.15) is 5.56 Å². The largest absolute Gasteiger partial charge is 0.396 e. The summed E-state index contributed by atoms with van der Waals surface area (Å²) >= 11 is 2.47.